The summed E-state index contributed by atoms with van der Waals surface area (Å²) in [5.41, 5.74) is 1.70. The molecule has 0 fully saturated rings. The average molecular weight is 244 g/mol. The molecule has 0 atom stereocenters. The van der Waals surface area contributed by atoms with Crippen molar-refractivity contribution in [3.63, 3.8) is 0 Å². The van der Waals surface area contributed by atoms with Crippen molar-refractivity contribution in [2.45, 2.75) is 20.4 Å². The SMILES string of the molecule is CCNc1ncccc1Cn1cc(C)cnc1=O. The third-order valence-corrected chi connectivity index (χ3v) is 2.56. The Kier molecular flexibility index (Phi) is 3.72. The van der Waals surface area contributed by atoms with Gasteiger partial charge in [0.15, 0.2) is 0 Å². The largest absolute Gasteiger partial charge is 0.370 e. The van der Waals surface area contributed by atoms with Gasteiger partial charge in [-0.3, -0.25) is 4.57 Å². The monoisotopic (exact) mass is 244 g/mol. The minimum atomic E-state index is -0.244. The van der Waals surface area contributed by atoms with Crippen LogP contribution in [0.2, 0.25) is 0 Å². The molecule has 0 spiro atoms. The maximum Gasteiger partial charge on any atom is 0.347 e. The number of anilines is 1. The molecule has 0 aliphatic heterocycles. The zero-order chi connectivity index (χ0) is 13.0. The summed E-state index contributed by atoms with van der Waals surface area (Å²) >= 11 is 0. The Bertz CT molecular complexity index is 592. The minimum absolute atomic E-state index is 0.244. The maximum absolute atomic E-state index is 11.7. The highest BCUT2D eigenvalue weighted by molar-refractivity contribution is 5.43. The molecule has 5 nitrogen and oxygen atoms in total. The van der Waals surface area contributed by atoms with Crippen molar-refractivity contribution in [3.05, 3.63) is 52.3 Å². The molecule has 5 heteroatoms. The molecule has 0 aromatic carbocycles. The van der Waals surface area contributed by atoms with Crippen LogP contribution in [0.1, 0.15) is 18.1 Å². The van der Waals surface area contributed by atoms with Crippen LogP contribution < -0.4 is 11.0 Å². The Morgan fingerprint density at radius 3 is 3.00 bits per heavy atom. The zero-order valence-corrected chi connectivity index (χ0v) is 10.6. The Hall–Kier alpha value is -2.17. The van der Waals surface area contributed by atoms with E-state index in [1.165, 1.54) is 0 Å². The van der Waals surface area contributed by atoms with Gasteiger partial charge in [0.05, 0.1) is 6.54 Å². The van der Waals surface area contributed by atoms with Gasteiger partial charge in [-0.1, -0.05) is 6.07 Å². The van der Waals surface area contributed by atoms with E-state index in [1.807, 2.05) is 26.0 Å². The smallest absolute Gasteiger partial charge is 0.347 e. The van der Waals surface area contributed by atoms with Gasteiger partial charge >= 0.3 is 5.69 Å². The van der Waals surface area contributed by atoms with E-state index in [4.69, 9.17) is 0 Å². The molecule has 0 saturated heterocycles. The number of nitrogens with one attached hydrogen (secondary N) is 1. The molecular formula is C13H16N4O. The van der Waals surface area contributed by atoms with Crippen LogP contribution in [0.5, 0.6) is 0 Å². The molecule has 0 bridgehead atoms. The van der Waals surface area contributed by atoms with Crippen molar-refractivity contribution < 1.29 is 0 Å². The van der Waals surface area contributed by atoms with Crippen LogP contribution in [0.4, 0.5) is 5.82 Å². The Morgan fingerprint density at radius 2 is 2.22 bits per heavy atom. The van der Waals surface area contributed by atoms with E-state index in [0.29, 0.717) is 6.54 Å². The number of aromatic nitrogens is 3. The standard InChI is InChI=1S/C13H16N4O/c1-3-14-12-11(5-4-6-15-12)9-17-8-10(2)7-16-13(17)18/h4-8H,3,9H2,1-2H3,(H,14,15). The summed E-state index contributed by atoms with van der Waals surface area (Å²) in [6, 6.07) is 3.82. The van der Waals surface area contributed by atoms with E-state index in [2.05, 4.69) is 15.3 Å². The van der Waals surface area contributed by atoms with E-state index in [9.17, 15) is 4.79 Å². The molecule has 94 valence electrons. The van der Waals surface area contributed by atoms with Crippen LogP contribution in [0.15, 0.2) is 35.5 Å². The quantitative estimate of drug-likeness (QED) is 0.883. The predicted molar refractivity (Wildman–Crippen MR) is 70.7 cm³/mol. The lowest BCUT2D eigenvalue weighted by atomic mass is 10.2. The molecule has 0 unspecified atom stereocenters. The first-order valence-corrected chi connectivity index (χ1v) is 5.91. The summed E-state index contributed by atoms with van der Waals surface area (Å²) in [4.78, 5) is 19.7. The number of aryl methyl sites for hydroxylation is 1. The molecule has 0 radical (unpaired) electrons. The van der Waals surface area contributed by atoms with E-state index < -0.39 is 0 Å². The number of hydrogen-bond donors (Lipinski definition) is 1. The minimum Gasteiger partial charge on any atom is -0.370 e. The van der Waals surface area contributed by atoms with E-state index in [0.717, 1.165) is 23.5 Å². The first-order valence-electron chi connectivity index (χ1n) is 5.91. The number of nitrogens with zero attached hydrogens (tertiary/aromatic N) is 3. The van der Waals surface area contributed by atoms with E-state index >= 15 is 0 Å². The predicted octanol–water partition coefficient (Wildman–Crippen LogP) is 1.43. The summed E-state index contributed by atoms with van der Waals surface area (Å²) in [6.07, 6.45) is 5.12. The summed E-state index contributed by atoms with van der Waals surface area (Å²) in [7, 11) is 0. The summed E-state index contributed by atoms with van der Waals surface area (Å²) in [5.74, 6) is 0.813. The van der Waals surface area contributed by atoms with Crippen LogP contribution in [0, 0.1) is 6.92 Å². The van der Waals surface area contributed by atoms with Gasteiger partial charge in [0.2, 0.25) is 0 Å². The van der Waals surface area contributed by atoms with Crippen molar-refractivity contribution in [2.24, 2.45) is 0 Å². The van der Waals surface area contributed by atoms with Crippen LogP contribution in [-0.2, 0) is 6.54 Å². The van der Waals surface area contributed by atoms with Crippen LogP contribution >= 0.6 is 0 Å². The first-order chi connectivity index (χ1) is 8.70. The average Bonchev–Trinajstić information content (AvgIpc) is 2.36. The lowest BCUT2D eigenvalue weighted by Crippen LogP contribution is -2.23. The number of pyridine rings is 1. The fourth-order valence-corrected chi connectivity index (χ4v) is 1.76. The van der Waals surface area contributed by atoms with Crippen molar-refractivity contribution in [1.29, 1.82) is 0 Å². The lowest BCUT2D eigenvalue weighted by molar-refractivity contribution is 0.719. The van der Waals surface area contributed by atoms with Crippen LogP contribution in [-0.4, -0.2) is 21.1 Å². The third-order valence-electron chi connectivity index (χ3n) is 2.56. The van der Waals surface area contributed by atoms with E-state index in [1.54, 1.807) is 23.2 Å². The second-order valence-corrected chi connectivity index (χ2v) is 4.08. The molecule has 0 amide bonds. The zero-order valence-electron chi connectivity index (χ0n) is 10.6. The van der Waals surface area contributed by atoms with Crippen molar-refractivity contribution >= 4 is 5.82 Å². The van der Waals surface area contributed by atoms with Crippen molar-refractivity contribution in [2.75, 3.05) is 11.9 Å². The summed E-state index contributed by atoms with van der Waals surface area (Å²) in [6.45, 7) is 5.20. The highest BCUT2D eigenvalue weighted by Gasteiger charge is 2.05. The second-order valence-electron chi connectivity index (χ2n) is 4.08. The Labute approximate surface area is 106 Å². The molecule has 1 N–H and O–H groups in total. The van der Waals surface area contributed by atoms with E-state index in [-0.39, 0.29) is 5.69 Å². The van der Waals surface area contributed by atoms with Gasteiger partial charge < -0.3 is 5.32 Å². The Balaban J connectivity index is 2.33. The fraction of sp³-hybridized carbons (Fsp3) is 0.308. The fourth-order valence-electron chi connectivity index (χ4n) is 1.76. The molecular weight excluding hydrogens is 228 g/mol. The molecule has 2 aromatic rings. The molecule has 18 heavy (non-hydrogen) atoms. The maximum atomic E-state index is 11.7. The molecule has 2 aromatic heterocycles. The van der Waals surface area contributed by atoms with Gasteiger partial charge in [-0.25, -0.2) is 14.8 Å². The van der Waals surface area contributed by atoms with Gasteiger partial charge in [-0.05, 0) is 25.5 Å². The normalized spacial score (nSPS) is 10.3. The molecule has 2 rings (SSSR count). The summed E-state index contributed by atoms with van der Waals surface area (Å²) in [5, 5.41) is 3.18. The van der Waals surface area contributed by atoms with Gasteiger partial charge in [0.1, 0.15) is 5.82 Å². The highest BCUT2D eigenvalue weighted by Crippen LogP contribution is 2.12. The van der Waals surface area contributed by atoms with Crippen LogP contribution in [0.3, 0.4) is 0 Å². The molecule has 2 heterocycles. The molecule has 0 aliphatic rings. The number of rotatable bonds is 4. The molecule has 0 saturated carbocycles. The first kappa shape index (κ1) is 12.3. The van der Waals surface area contributed by atoms with Gasteiger partial charge in [0.25, 0.3) is 0 Å². The topological polar surface area (TPSA) is 59.8 Å². The van der Waals surface area contributed by atoms with Crippen LogP contribution in [0.25, 0.3) is 0 Å². The second kappa shape index (κ2) is 5.44. The van der Waals surface area contributed by atoms with Gasteiger partial charge in [-0.15, -0.1) is 0 Å². The third kappa shape index (κ3) is 2.74. The van der Waals surface area contributed by atoms with Gasteiger partial charge in [0, 0.05) is 30.7 Å². The highest BCUT2D eigenvalue weighted by atomic mass is 16.1. The lowest BCUT2D eigenvalue weighted by Gasteiger charge is -2.10. The number of hydrogen-bond acceptors (Lipinski definition) is 4. The summed E-state index contributed by atoms with van der Waals surface area (Å²) < 4.78 is 1.59. The molecule has 0 aliphatic carbocycles. The van der Waals surface area contributed by atoms with Gasteiger partial charge in [-0.2, -0.15) is 0 Å². The Morgan fingerprint density at radius 1 is 1.39 bits per heavy atom. The van der Waals surface area contributed by atoms with Crippen molar-refractivity contribution in [3.8, 4) is 0 Å². The van der Waals surface area contributed by atoms with Crippen molar-refractivity contribution in [1.82, 2.24) is 14.5 Å².